The molecule has 0 aliphatic carbocycles. The Hall–Kier alpha value is -0.390. The summed E-state index contributed by atoms with van der Waals surface area (Å²) in [7, 11) is 0. The summed E-state index contributed by atoms with van der Waals surface area (Å²) in [5, 5.41) is 0.344. The van der Waals surface area contributed by atoms with Crippen LogP contribution in [0, 0.1) is 0 Å². The monoisotopic (exact) mass is 308 g/mol. The van der Waals surface area contributed by atoms with Crippen molar-refractivity contribution in [1.82, 2.24) is 9.97 Å². The van der Waals surface area contributed by atoms with Gasteiger partial charge in [0.25, 0.3) is 0 Å². The van der Waals surface area contributed by atoms with Crippen molar-refractivity contribution in [3.05, 3.63) is 16.0 Å². The molecule has 0 aromatic carbocycles. The second-order valence-electron chi connectivity index (χ2n) is 3.10. The summed E-state index contributed by atoms with van der Waals surface area (Å²) < 4.78 is 11.3. The minimum Gasteiger partial charge on any atom is -0.474 e. The van der Waals surface area contributed by atoms with E-state index in [0.29, 0.717) is 28.7 Å². The minimum absolute atomic E-state index is 0.344. The topological polar surface area (TPSA) is 44.2 Å². The molecule has 0 saturated heterocycles. The Morgan fingerprint density at radius 1 is 1.31 bits per heavy atom. The first-order valence-corrected chi connectivity index (χ1v) is 6.29. The summed E-state index contributed by atoms with van der Waals surface area (Å²) >= 11 is 9.04. The number of halogens is 2. The van der Waals surface area contributed by atoms with Gasteiger partial charge in [-0.3, -0.25) is 0 Å². The summed E-state index contributed by atoms with van der Waals surface area (Å²) in [6, 6.07) is 0. The van der Waals surface area contributed by atoms with E-state index >= 15 is 0 Å². The Balaban J connectivity index is 2.24. The van der Waals surface area contributed by atoms with Gasteiger partial charge in [-0.15, -0.1) is 0 Å². The third-order valence-corrected chi connectivity index (χ3v) is 3.05. The van der Waals surface area contributed by atoms with E-state index in [9.17, 15) is 0 Å². The van der Waals surface area contributed by atoms with Gasteiger partial charge in [0.05, 0.1) is 6.61 Å². The second-order valence-corrected chi connectivity index (χ2v) is 4.25. The van der Waals surface area contributed by atoms with Crippen molar-refractivity contribution in [2.24, 2.45) is 0 Å². The maximum atomic E-state index is 5.79. The van der Waals surface area contributed by atoms with E-state index in [2.05, 4.69) is 32.8 Å². The zero-order chi connectivity index (χ0) is 11.8. The summed E-state index contributed by atoms with van der Waals surface area (Å²) in [6.07, 6.45) is 3.57. The van der Waals surface area contributed by atoms with Gasteiger partial charge in [-0.25, -0.2) is 9.97 Å². The third kappa shape index (κ3) is 4.63. The fraction of sp³-hybridized carbons (Fsp3) is 0.600. The minimum atomic E-state index is 0.344. The van der Waals surface area contributed by atoms with E-state index in [0.717, 1.165) is 19.4 Å². The number of unbranched alkanes of at least 4 members (excludes halogenated alkanes) is 1. The van der Waals surface area contributed by atoms with E-state index in [1.54, 1.807) is 0 Å². The van der Waals surface area contributed by atoms with Crippen molar-refractivity contribution in [2.75, 3.05) is 19.8 Å². The molecule has 1 aromatic rings. The van der Waals surface area contributed by atoms with E-state index in [4.69, 9.17) is 21.1 Å². The lowest BCUT2D eigenvalue weighted by Crippen LogP contribution is -2.08. The molecule has 0 amide bonds. The number of aromatic nitrogens is 2. The molecule has 0 aliphatic rings. The molecule has 0 spiro atoms. The van der Waals surface area contributed by atoms with Crippen LogP contribution in [-0.4, -0.2) is 29.8 Å². The molecule has 0 unspecified atom stereocenters. The highest BCUT2D eigenvalue weighted by molar-refractivity contribution is 9.10. The predicted molar refractivity (Wildman–Crippen MR) is 66.0 cm³/mol. The molecule has 0 aliphatic heterocycles. The van der Waals surface area contributed by atoms with E-state index in [1.807, 2.05) is 0 Å². The van der Waals surface area contributed by atoms with Gasteiger partial charge < -0.3 is 9.47 Å². The lowest BCUT2D eigenvalue weighted by Gasteiger charge is -2.07. The zero-order valence-electron chi connectivity index (χ0n) is 9.08. The Kier molecular flexibility index (Phi) is 6.68. The highest BCUT2D eigenvalue weighted by Crippen LogP contribution is 2.27. The summed E-state index contributed by atoms with van der Waals surface area (Å²) in [5.41, 5.74) is 0. The van der Waals surface area contributed by atoms with Crippen molar-refractivity contribution >= 4 is 27.5 Å². The molecule has 0 saturated carbocycles. The van der Waals surface area contributed by atoms with Gasteiger partial charge in [-0.05, 0) is 22.4 Å². The Labute approximate surface area is 108 Å². The lowest BCUT2D eigenvalue weighted by atomic mass is 10.4. The molecule has 1 rings (SSSR count). The number of hydrogen-bond acceptors (Lipinski definition) is 4. The van der Waals surface area contributed by atoms with Crippen molar-refractivity contribution in [1.29, 1.82) is 0 Å². The van der Waals surface area contributed by atoms with Crippen molar-refractivity contribution in [2.45, 2.75) is 19.8 Å². The van der Waals surface area contributed by atoms with Crippen LogP contribution in [0.15, 0.2) is 10.8 Å². The molecule has 1 heterocycles. The number of ether oxygens (including phenoxy) is 2. The molecule has 4 nitrogen and oxygen atoms in total. The van der Waals surface area contributed by atoms with Crippen LogP contribution in [0.4, 0.5) is 0 Å². The van der Waals surface area contributed by atoms with Crippen LogP contribution < -0.4 is 4.74 Å². The van der Waals surface area contributed by atoms with Crippen molar-refractivity contribution in [3.63, 3.8) is 0 Å². The molecule has 1 aromatic heterocycles. The highest BCUT2D eigenvalue weighted by Gasteiger charge is 2.07. The van der Waals surface area contributed by atoms with Gasteiger partial charge in [0.2, 0.25) is 5.88 Å². The molecule has 0 fully saturated rings. The van der Waals surface area contributed by atoms with Crippen LogP contribution in [0.5, 0.6) is 5.88 Å². The van der Waals surface area contributed by atoms with Crippen LogP contribution in [0.2, 0.25) is 5.15 Å². The Bertz CT molecular complexity index is 326. The quantitative estimate of drug-likeness (QED) is 0.573. The standard InChI is InChI=1S/C10H14BrClN2O2/c1-2-3-4-15-5-6-16-10-8(11)9(12)13-7-14-10/h7H,2-6H2,1H3. The second kappa shape index (κ2) is 7.81. The SMILES string of the molecule is CCCCOCCOc1ncnc(Cl)c1Br. The van der Waals surface area contributed by atoms with Crippen LogP contribution in [-0.2, 0) is 4.74 Å². The van der Waals surface area contributed by atoms with E-state index < -0.39 is 0 Å². The molecule has 90 valence electrons. The number of rotatable bonds is 7. The molecule has 0 N–H and O–H groups in total. The first-order valence-electron chi connectivity index (χ1n) is 5.12. The molecular formula is C10H14BrClN2O2. The molecule has 0 bridgehead atoms. The average molecular weight is 310 g/mol. The van der Waals surface area contributed by atoms with Gasteiger partial charge in [-0.1, -0.05) is 24.9 Å². The van der Waals surface area contributed by atoms with Crippen LogP contribution in [0.25, 0.3) is 0 Å². The van der Waals surface area contributed by atoms with Gasteiger partial charge >= 0.3 is 0 Å². The Morgan fingerprint density at radius 3 is 2.88 bits per heavy atom. The first kappa shape index (κ1) is 13.7. The molecule has 6 heteroatoms. The fourth-order valence-electron chi connectivity index (χ4n) is 0.980. The Morgan fingerprint density at radius 2 is 2.12 bits per heavy atom. The van der Waals surface area contributed by atoms with Crippen LogP contribution >= 0.6 is 27.5 Å². The normalized spacial score (nSPS) is 10.4. The smallest absolute Gasteiger partial charge is 0.232 e. The molecular weight excluding hydrogens is 295 g/mol. The lowest BCUT2D eigenvalue weighted by molar-refractivity contribution is 0.0962. The van der Waals surface area contributed by atoms with Crippen LogP contribution in [0.3, 0.4) is 0 Å². The van der Waals surface area contributed by atoms with Gasteiger partial charge in [0, 0.05) is 6.61 Å². The van der Waals surface area contributed by atoms with E-state index in [1.165, 1.54) is 6.33 Å². The summed E-state index contributed by atoms with van der Waals surface area (Å²) in [6.45, 7) is 3.90. The van der Waals surface area contributed by atoms with Gasteiger partial charge in [0.15, 0.2) is 5.15 Å². The molecule has 0 atom stereocenters. The maximum Gasteiger partial charge on any atom is 0.232 e. The number of nitrogens with zero attached hydrogens (tertiary/aromatic N) is 2. The highest BCUT2D eigenvalue weighted by atomic mass is 79.9. The van der Waals surface area contributed by atoms with Crippen molar-refractivity contribution in [3.8, 4) is 5.88 Å². The maximum absolute atomic E-state index is 5.79. The van der Waals surface area contributed by atoms with Gasteiger partial charge in [0.1, 0.15) is 17.4 Å². The average Bonchev–Trinajstić information content (AvgIpc) is 2.29. The van der Waals surface area contributed by atoms with Crippen LogP contribution in [0.1, 0.15) is 19.8 Å². The molecule has 0 radical (unpaired) electrons. The number of hydrogen-bond donors (Lipinski definition) is 0. The third-order valence-electron chi connectivity index (χ3n) is 1.82. The van der Waals surface area contributed by atoms with Gasteiger partial charge in [-0.2, -0.15) is 0 Å². The van der Waals surface area contributed by atoms with Crippen molar-refractivity contribution < 1.29 is 9.47 Å². The summed E-state index contributed by atoms with van der Waals surface area (Å²) in [4.78, 5) is 7.76. The van der Waals surface area contributed by atoms with E-state index in [-0.39, 0.29) is 0 Å². The predicted octanol–water partition coefficient (Wildman–Crippen LogP) is 3.09. The fourth-order valence-corrected chi connectivity index (χ4v) is 1.42. The molecule has 16 heavy (non-hydrogen) atoms. The summed E-state index contributed by atoms with van der Waals surface area (Å²) in [5.74, 6) is 0.444. The zero-order valence-corrected chi connectivity index (χ0v) is 11.4. The largest absolute Gasteiger partial charge is 0.474 e. The first-order chi connectivity index (χ1) is 7.75.